The minimum absolute atomic E-state index is 0.0125. The molecule has 9 heteroatoms. The highest BCUT2D eigenvalue weighted by Crippen LogP contribution is 2.19. The van der Waals surface area contributed by atoms with Crippen molar-refractivity contribution < 1.29 is 18.9 Å². The number of pyridine rings is 2. The Balaban J connectivity index is 1.84. The van der Waals surface area contributed by atoms with Crippen LogP contribution in [-0.4, -0.2) is 38.8 Å². The zero-order chi connectivity index (χ0) is 19.2. The summed E-state index contributed by atoms with van der Waals surface area (Å²) >= 11 is 0. The normalized spacial score (nSPS) is 11.6. The van der Waals surface area contributed by atoms with E-state index >= 15 is 0 Å². The summed E-state index contributed by atoms with van der Waals surface area (Å²) in [6.45, 7) is 0. The molecule has 0 fully saturated rings. The Bertz CT molecular complexity index is 956. The first-order valence-electron chi connectivity index (χ1n) is 7.96. The van der Waals surface area contributed by atoms with E-state index in [1.165, 1.54) is 0 Å². The summed E-state index contributed by atoms with van der Waals surface area (Å²) in [7, 11) is 0. The summed E-state index contributed by atoms with van der Waals surface area (Å²) < 4.78 is 4.89. The third-order valence-electron chi connectivity index (χ3n) is 3.73. The van der Waals surface area contributed by atoms with Crippen molar-refractivity contribution in [2.24, 2.45) is 5.73 Å². The van der Waals surface area contributed by atoms with Crippen LogP contribution in [0.2, 0.25) is 0 Å². The fraction of sp³-hybridized carbons (Fsp3) is 0.111. The van der Waals surface area contributed by atoms with Crippen LogP contribution in [0, 0.1) is 0 Å². The van der Waals surface area contributed by atoms with Gasteiger partial charge in [0.05, 0.1) is 5.69 Å². The van der Waals surface area contributed by atoms with Crippen LogP contribution >= 0.6 is 0 Å². The molecule has 0 aromatic carbocycles. The first-order valence-corrected chi connectivity index (χ1v) is 7.96. The van der Waals surface area contributed by atoms with Gasteiger partial charge in [-0.3, -0.25) is 24.4 Å². The van der Waals surface area contributed by atoms with Crippen molar-refractivity contribution in [3.8, 4) is 11.4 Å². The molecule has 0 radical (unpaired) electrons. The van der Waals surface area contributed by atoms with Gasteiger partial charge in [0.25, 0.3) is 11.8 Å². The summed E-state index contributed by atoms with van der Waals surface area (Å²) in [5, 5.41) is 6.29. The number of nitrogens with two attached hydrogens (primary N) is 1. The average Bonchev–Trinajstić information content (AvgIpc) is 3.18. The SMILES string of the molecule is NC(=O)C(=O)C(Cc1ccccn1)NC(=O)c1conc1-c1ccccn1. The molecule has 0 saturated heterocycles. The number of aromatic nitrogens is 3. The maximum absolute atomic E-state index is 12.7. The van der Waals surface area contributed by atoms with E-state index in [1.807, 2.05) is 0 Å². The van der Waals surface area contributed by atoms with Crippen LogP contribution in [0.1, 0.15) is 16.1 Å². The van der Waals surface area contributed by atoms with Crippen molar-refractivity contribution in [2.45, 2.75) is 12.5 Å². The Labute approximate surface area is 153 Å². The second-order valence-corrected chi connectivity index (χ2v) is 5.57. The second kappa shape index (κ2) is 8.00. The highest BCUT2D eigenvalue weighted by Gasteiger charge is 2.28. The zero-order valence-corrected chi connectivity index (χ0v) is 14.0. The number of Topliss-reactive ketones (excluding diaryl/α,β-unsaturated/α-hetero) is 1. The monoisotopic (exact) mass is 365 g/mol. The number of primary amides is 1. The average molecular weight is 365 g/mol. The van der Waals surface area contributed by atoms with Gasteiger partial charge in [-0.2, -0.15) is 0 Å². The molecule has 2 amide bonds. The summed E-state index contributed by atoms with van der Waals surface area (Å²) in [4.78, 5) is 44.4. The summed E-state index contributed by atoms with van der Waals surface area (Å²) in [5.74, 6) is -2.72. The molecule has 3 heterocycles. The number of carbonyl (C=O) groups excluding carboxylic acids is 3. The van der Waals surface area contributed by atoms with Gasteiger partial charge in [-0.05, 0) is 24.3 Å². The molecule has 9 nitrogen and oxygen atoms in total. The van der Waals surface area contributed by atoms with E-state index in [9.17, 15) is 14.4 Å². The first-order chi connectivity index (χ1) is 13.1. The van der Waals surface area contributed by atoms with E-state index in [4.69, 9.17) is 10.3 Å². The molecule has 0 aliphatic rings. The minimum Gasteiger partial charge on any atom is -0.363 e. The van der Waals surface area contributed by atoms with Crippen LogP contribution in [0.15, 0.2) is 59.6 Å². The summed E-state index contributed by atoms with van der Waals surface area (Å²) in [6, 6.07) is 9.06. The van der Waals surface area contributed by atoms with Crippen LogP contribution in [0.4, 0.5) is 0 Å². The number of amides is 2. The molecule has 0 spiro atoms. The van der Waals surface area contributed by atoms with Gasteiger partial charge >= 0.3 is 0 Å². The lowest BCUT2D eigenvalue weighted by atomic mass is 10.0. The highest BCUT2D eigenvalue weighted by atomic mass is 16.5. The molecule has 1 unspecified atom stereocenters. The molecule has 3 aromatic rings. The molecule has 0 aliphatic heterocycles. The first kappa shape index (κ1) is 17.9. The molecule has 3 N–H and O–H groups in total. The molecule has 0 saturated carbocycles. The maximum atomic E-state index is 12.7. The van der Waals surface area contributed by atoms with Gasteiger partial charge in [0.1, 0.15) is 23.6 Å². The molecule has 27 heavy (non-hydrogen) atoms. The lowest BCUT2D eigenvalue weighted by Crippen LogP contribution is -2.47. The van der Waals surface area contributed by atoms with Crippen LogP contribution in [0.25, 0.3) is 11.4 Å². The van der Waals surface area contributed by atoms with Crippen molar-refractivity contribution in [1.82, 2.24) is 20.4 Å². The third kappa shape index (κ3) is 4.21. The van der Waals surface area contributed by atoms with E-state index in [0.29, 0.717) is 11.4 Å². The van der Waals surface area contributed by atoms with E-state index in [0.717, 1.165) is 6.26 Å². The largest absolute Gasteiger partial charge is 0.363 e. The number of rotatable bonds is 7. The molecule has 1 atom stereocenters. The number of nitrogens with one attached hydrogen (secondary N) is 1. The van der Waals surface area contributed by atoms with Crippen molar-refractivity contribution in [1.29, 1.82) is 0 Å². The van der Waals surface area contributed by atoms with E-state index in [-0.39, 0.29) is 17.7 Å². The smallest absolute Gasteiger partial charge is 0.287 e. The van der Waals surface area contributed by atoms with Gasteiger partial charge in [-0.25, -0.2) is 0 Å². The Hall–Kier alpha value is -3.88. The zero-order valence-electron chi connectivity index (χ0n) is 14.0. The van der Waals surface area contributed by atoms with Crippen molar-refractivity contribution in [3.63, 3.8) is 0 Å². The molecule has 0 bridgehead atoms. The van der Waals surface area contributed by atoms with Crippen molar-refractivity contribution >= 4 is 17.6 Å². The quantitative estimate of drug-likeness (QED) is 0.582. The number of ketones is 1. The van der Waals surface area contributed by atoms with Crippen LogP contribution in [0.5, 0.6) is 0 Å². The fourth-order valence-electron chi connectivity index (χ4n) is 2.43. The Morgan fingerprint density at radius 1 is 1.07 bits per heavy atom. The minimum atomic E-state index is -1.17. The number of hydrogen-bond acceptors (Lipinski definition) is 7. The van der Waals surface area contributed by atoms with Crippen molar-refractivity contribution in [3.05, 3.63) is 66.3 Å². The maximum Gasteiger partial charge on any atom is 0.287 e. The van der Waals surface area contributed by atoms with Gasteiger partial charge in [0.15, 0.2) is 0 Å². The molecular formula is C18H15N5O4. The predicted octanol–water partition coefficient (Wildman–Crippen LogP) is 0.527. The summed E-state index contributed by atoms with van der Waals surface area (Å²) in [5.41, 5.74) is 6.35. The Morgan fingerprint density at radius 2 is 1.81 bits per heavy atom. The standard InChI is InChI=1S/C18H15N5O4/c19-17(25)16(24)14(9-11-5-1-3-7-20-11)22-18(26)12-10-27-23-15(12)13-6-2-4-8-21-13/h1-8,10,14H,9H2,(H2,19,25)(H,22,26). The second-order valence-electron chi connectivity index (χ2n) is 5.57. The molecule has 136 valence electrons. The number of hydrogen-bond donors (Lipinski definition) is 2. The Morgan fingerprint density at radius 3 is 2.44 bits per heavy atom. The molecule has 3 aromatic heterocycles. The van der Waals surface area contributed by atoms with Gasteiger partial charge < -0.3 is 15.6 Å². The van der Waals surface area contributed by atoms with Gasteiger partial charge in [-0.15, -0.1) is 0 Å². The number of nitrogens with zero attached hydrogens (tertiary/aromatic N) is 3. The van der Waals surface area contributed by atoms with Gasteiger partial charge in [-0.1, -0.05) is 17.3 Å². The van der Waals surface area contributed by atoms with E-state index < -0.39 is 23.6 Å². The van der Waals surface area contributed by atoms with Gasteiger partial charge in [0, 0.05) is 24.5 Å². The number of carbonyl (C=O) groups is 3. The van der Waals surface area contributed by atoms with E-state index in [1.54, 1.807) is 48.8 Å². The summed E-state index contributed by atoms with van der Waals surface area (Å²) in [6.07, 6.45) is 4.25. The Kier molecular flexibility index (Phi) is 5.31. The van der Waals surface area contributed by atoms with Crippen LogP contribution in [0.3, 0.4) is 0 Å². The third-order valence-corrected chi connectivity index (χ3v) is 3.73. The topological polar surface area (TPSA) is 141 Å². The van der Waals surface area contributed by atoms with Crippen LogP contribution in [-0.2, 0) is 16.0 Å². The molecule has 3 rings (SSSR count). The van der Waals surface area contributed by atoms with E-state index in [2.05, 4.69) is 20.4 Å². The van der Waals surface area contributed by atoms with Crippen LogP contribution < -0.4 is 11.1 Å². The van der Waals surface area contributed by atoms with Crippen molar-refractivity contribution in [2.75, 3.05) is 0 Å². The lowest BCUT2D eigenvalue weighted by Gasteiger charge is -2.15. The molecular weight excluding hydrogens is 350 g/mol. The lowest BCUT2D eigenvalue weighted by molar-refractivity contribution is -0.137. The highest BCUT2D eigenvalue weighted by molar-refractivity contribution is 6.38. The fourth-order valence-corrected chi connectivity index (χ4v) is 2.43. The molecule has 0 aliphatic carbocycles. The predicted molar refractivity (Wildman–Crippen MR) is 93.1 cm³/mol. The van der Waals surface area contributed by atoms with Gasteiger partial charge in [0.2, 0.25) is 5.78 Å².